The van der Waals surface area contributed by atoms with Crippen molar-refractivity contribution in [3.63, 3.8) is 0 Å². The predicted molar refractivity (Wildman–Crippen MR) is 216 cm³/mol. The molecule has 0 bridgehead atoms. The Balaban J connectivity index is 1.11. The Morgan fingerprint density at radius 1 is 0.945 bits per heavy atom. The van der Waals surface area contributed by atoms with Gasteiger partial charge in [-0.15, -0.1) is 11.3 Å². The second-order valence-corrected chi connectivity index (χ2v) is 16.7. The number of aliphatic hydroxyl groups is 1. The van der Waals surface area contributed by atoms with Gasteiger partial charge in [0.1, 0.15) is 15.7 Å². The zero-order chi connectivity index (χ0) is 39.5. The first-order valence-corrected chi connectivity index (χ1v) is 20.8. The number of aromatic carboxylic acids is 1. The van der Waals surface area contributed by atoms with Crippen molar-refractivity contribution >= 4 is 50.5 Å². The van der Waals surface area contributed by atoms with Crippen LogP contribution in [0.15, 0.2) is 87.7 Å². The summed E-state index contributed by atoms with van der Waals surface area (Å²) in [5.41, 5.74) is 3.89. The quantitative estimate of drug-likeness (QED) is 0.0507. The lowest BCUT2D eigenvalue weighted by Crippen LogP contribution is -2.75. The van der Waals surface area contributed by atoms with Gasteiger partial charge >= 0.3 is 22.0 Å². The van der Waals surface area contributed by atoms with E-state index < -0.39 is 22.0 Å². The highest BCUT2D eigenvalue weighted by atomic mass is 32.3. The number of aliphatic hydroxyl groups excluding tert-OH is 1. The number of anilines is 1. The van der Waals surface area contributed by atoms with Gasteiger partial charge in [-0.05, 0) is 74.3 Å². The number of nitrogens with one attached hydrogen (secondary N) is 2. The summed E-state index contributed by atoms with van der Waals surface area (Å²) in [6.07, 6.45) is 12.9. The number of hydrogen-bond acceptors (Lipinski definition) is 9. The lowest BCUT2D eigenvalue weighted by molar-refractivity contribution is -0.465. The van der Waals surface area contributed by atoms with E-state index >= 15 is 0 Å². The third-order valence-electron chi connectivity index (χ3n) is 9.44. The summed E-state index contributed by atoms with van der Waals surface area (Å²) in [5, 5.41) is 25.2. The molecule has 1 amide bonds. The fourth-order valence-electron chi connectivity index (χ4n) is 6.39. The Morgan fingerprint density at radius 3 is 2.36 bits per heavy atom. The smallest absolute Gasteiger partial charge is 0.336 e. The second kappa shape index (κ2) is 19.2. The number of benzene rings is 2. The molecule has 1 unspecified atom stereocenters. The summed E-state index contributed by atoms with van der Waals surface area (Å²) in [6, 6.07) is 13.8. The largest absolute Gasteiger partial charge is 0.478 e. The summed E-state index contributed by atoms with van der Waals surface area (Å²) < 4.78 is 35.8. The van der Waals surface area contributed by atoms with E-state index in [0.717, 1.165) is 72.3 Å². The molecule has 0 fully saturated rings. The second-order valence-electron chi connectivity index (χ2n) is 13.9. The highest BCUT2D eigenvalue weighted by molar-refractivity contribution is 7.89. The van der Waals surface area contributed by atoms with Crippen LogP contribution in [-0.4, -0.2) is 95.2 Å². The van der Waals surface area contributed by atoms with E-state index in [1.807, 2.05) is 69.5 Å². The number of carbonyl (C=O) groups excluding carboxylic acids is 1. The maximum Gasteiger partial charge on any atom is 0.336 e. The highest BCUT2D eigenvalue weighted by Gasteiger charge is 2.30. The van der Waals surface area contributed by atoms with Gasteiger partial charge in [0, 0.05) is 54.2 Å². The number of ether oxygens (including phenoxy) is 1. The molecule has 1 aromatic heterocycles. The number of rotatable bonds is 20. The maximum atomic E-state index is 13.1. The Bertz CT molecular complexity index is 2070. The molecule has 1 atom stereocenters. The fourth-order valence-corrected chi connectivity index (χ4v) is 8.32. The molecule has 0 saturated carbocycles. The van der Waals surface area contributed by atoms with Crippen molar-refractivity contribution in [2.45, 2.75) is 61.6 Å². The Kier molecular flexibility index (Phi) is 14.5. The molecule has 55 heavy (non-hydrogen) atoms. The first-order valence-electron chi connectivity index (χ1n) is 18.5. The van der Waals surface area contributed by atoms with Crippen molar-refractivity contribution in [3.05, 3.63) is 106 Å². The number of carboxylic acid groups (broad SMARTS) is 1. The molecule has 0 radical (unpaired) electrons. The zero-order valence-electron chi connectivity index (χ0n) is 31.8. The molecule has 14 heteroatoms. The van der Waals surface area contributed by atoms with E-state index in [1.54, 1.807) is 23.6 Å². The average Bonchev–Trinajstić information content (AvgIpc) is 3.72. The van der Waals surface area contributed by atoms with Crippen molar-refractivity contribution in [1.82, 2.24) is 10.2 Å². The van der Waals surface area contributed by atoms with Crippen LogP contribution < -0.4 is 19.9 Å². The van der Waals surface area contributed by atoms with Crippen LogP contribution in [0, 0.1) is 0 Å². The van der Waals surface area contributed by atoms with Crippen LogP contribution in [0.25, 0.3) is 5.57 Å². The van der Waals surface area contributed by atoms with Crippen LogP contribution >= 0.6 is 11.3 Å². The minimum Gasteiger partial charge on any atom is -0.478 e. The van der Waals surface area contributed by atoms with Crippen molar-refractivity contribution in [1.29, 1.82) is 0 Å². The standard InChI is InChI=1S/C41H50N4O8S2/c1-44(2)29-16-19-32-35(26-29)53-36-27-30(45(3)4)17-20-33(36)39(32)31-18-15-28(25-34(31)41(48)49)40(47)43-22-21-42-37(46)13-10-8-6-5-7-9-11-23-52-55(50,51)38-14-12-24-54-38/h12,14-20,24-27,29H,5-11,13,21-23H2,1-4H3,(H,42,46)(H,43,47)(H,48,49)/p+1. The predicted octanol–water partition coefficient (Wildman–Crippen LogP) is 5.38. The zero-order valence-corrected chi connectivity index (χ0v) is 33.5. The number of likely N-dealkylation sites (N-methyl/N-ethyl adjacent to an activating group) is 1. The van der Waals surface area contributed by atoms with Crippen molar-refractivity contribution in [3.8, 4) is 5.75 Å². The minimum absolute atomic E-state index is 0.000531. The molecule has 1 aliphatic carbocycles. The molecule has 1 aliphatic heterocycles. The van der Waals surface area contributed by atoms with Crippen LogP contribution in [-0.2, 0) is 14.3 Å². The maximum absolute atomic E-state index is 13.1. The van der Waals surface area contributed by atoms with Crippen molar-refractivity contribution < 1.29 is 42.1 Å². The van der Waals surface area contributed by atoms with Gasteiger partial charge in [-0.25, -0.2) is 9.79 Å². The van der Waals surface area contributed by atoms with E-state index in [-0.39, 0.29) is 40.4 Å². The van der Waals surface area contributed by atoms with Crippen molar-refractivity contribution in [2.24, 2.45) is 0 Å². The topological polar surface area (TPSA) is 160 Å². The highest BCUT2D eigenvalue weighted by Crippen LogP contribution is 2.45. The van der Waals surface area contributed by atoms with E-state index in [0.29, 0.717) is 36.5 Å². The number of thiophene rings is 1. The molecule has 3 aromatic rings. The van der Waals surface area contributed by atoms with Gasteiger partial charge in [-0.2, -0.15) is 8.42 Å². The first-order chi connectivity index (χ1) is 26.4. The Morgan fingerprint density at radius 2 is 1.67 bits per heavy atom. The van der Waals surface area contributed by atoms with Gasteiger partial charge in [0.15, 0.2) is 6.54 Å². The van der Waals surface area contributed by atoms with Crippen LogP contribution in [0.3, 0.4) is 0 Å². The molecular formula is C41H51N4O8S2+. The lowest BCUT2D eigenvalue weighted by atomic mass is 9.84. The SMILES string of the molecule is CN(C)c1ccc2c(c1)OC1=CC(N(C)C)C=CC1=C2c1ccc(C(=O)NCC[NH+]=C(O)CCCCCCCCCOS(=O)(=O)c2cccs2)cc1C(=O)O. The summed E-state index contributed by atoms with van der Waals surface area (Å²) in [6.45, 7) is 0.720. The van der Waals surface area contributed by atoms with Crippen LogP contribution in [0.4, 0.5) is 5.69 Å². The number of nitrogens with zero attached hydrogens (tertiary/aromatic N) is 2. The van der Waals surface area contributed by atoms with Crippen LogP contribution in [0.5, 0.6) is 5.75 Å². The first kappa shape index (κ1) is 41.4. The molecule has 0 spiro atoms. The molecule has 0 saturated heterocycles. The third kappa shape index (κ3) is 10.9. The normalized spacial score (nSPS) is 15.3. The van der Waals surface area contributed by atoms with Gasteiger partial charge in [0.25, 0.3) is 5.91 Å². The summed E-state index contributed by atoms with van der Waals surface area (Å²) in [4.78, 5) is 32.8. The number of amides is 1. The molecule has 4 N–H and O–H groups in total. The molecule has 2 heterocycles. The van der Waals surface area contributed by atoms with Crippen LogP contribution in [0.1, 0.15) is 83.2 Å². The number of carbonyl (C=O) groups is 2. The molecule has 5 rings (SSSR count). The van der Waals surface area contributed by atoms with Gasteiger partial charge in [-0.1, -0.05) is 56.4 Å². The minimum atomic E-state index is -3.64. The monoisotopic (exact) mass is 791 g/mol. The number of hydrogen-bond donors (Lipinski definition) is 4. The fraction of sp³-hybridized carbons (Fsp3) is 0.390. The van der Waals surface area contributed by atoms with Crippen LogP contribution in [0.2, 0.25) is 0 Å². The van der Waals surface area contributed by atoms with Gasteiger partial charge < -0.3 is 25.2 Å². The van der Waals surface area contributed by atoms with Gasteiger partial charge in [0.05, 0.1) is 25.1 Å². The summed E-state index contributed by atoms with van der Waals surface area (Å²) >= 11 is 1.15. The number of allylic oxidation sites excluding steroid dienone is 1. The Labute approximate surface area is 327 Å². The van der Waals surface area contributed by atoms with E-state index in [4.69, 9.17) is 8.92 Å². The van der Waals surface area contributed by atoms with Crippen molar-refractivity contribution in [2.75, 3.05) is 52.8 Å². The van der Waals surface area contributed by atoms with E-state index in [9.17, 15) is 28.2 Å². The number of unbranched alkanes of at least 4 members (excludes halogenated alkanes) is 6. The molecule has 294 valence electrons. The molecule has 2 aliphatic rings. The van der Waals surface area contributed by atoms with Gasteiger partial charge in [-0.3, -0.25) is 13.9 Å². The lowest BCUT2D eigenvalue weighted by Gasteiger charge is -2.31. The number of carboxylic acids is 1. The molecule has 12 nitrogen and oxygen atoms in total. The Hall–Kier alpha value is -4.76. The summed E-state index contributed by atoms with van der Waals surface area (Å²) in [5.74, 6) is -0.150. The van der Waals surface area contributed by atoms with E-state index in [2.05, 4.69) is 15.2 Å². The van der Waals surface area contributed by atoms with Gasteiger partial charge in [0.2, 0.25) is 0 Å². The number of fused-ring (bicyclic) bond motifs is 2. The third-order valence-corrected chi connectivity index (χ3v) is 12.1. The van der Waals surface area contributed by atoms with E-state index in [1.165, 1.54) is 12.1 Å². The average molecular weight is 792 g/mol. The summed E-state index contributed by atoms with van der Waals surface area (Å²) in [7, 11) is 4.20. The molecular weight excluding hydrogens is 741 g/mol. The molecule has 2 aromatic carbocycles.